The molecule has 3 amide bonds. The lowest BCUT2D eigenvalue weighted by molar-refractivity contribution is -0.133. The lowest BCUT2D eigenvalue weighted by atomic mass is 9.76. The minimum atomic E-state index is -0.877. The second-order valence-corrected chi connectivity index (χ2v) is 8.16. The topological polar surface area (TPSA) is 55.9 Å². The van der Waals surface area contributed by atoms with Gasteiger partial charge in [-0.15, -0.1) is 0 Å². The smallest absolute Gasteiger partial charge is 0.326 e. The average Bonchev–Trinajstić information content (AvgIpc) is 3.00. The van der Waals surface area contributed by atoms with E-state index in [1.165, 1.54) is 16.2 Å². The molecular weight excluding hydrogens is 364 g/mol. The van der Waals surface area contributed by atoms with Gasteiger partial charge in [0.1, 0.15) is 5.54 Å². The van der Waals surface area contributed by atoms with Gasteiger partial charge in [0, 0.05) is 31.9 Å². The van der Waals surface area contributed by atoms with Crippen molar-refractivity contribution in [2.45, 2.75) is 24.8 Å². The molecule has 5 rings (SSSR count). The fraction of sp³-hybridized carbons (Fsp3) is 0.391. The van der Waals surface area contributed by atoms with Gasteiger partial charge < -0.3 is 10.2 Å². The molecule has 2 heterocycles. The zero-order valence-corrected chi connectivity index (χ0v) is 16.5. The van der Waals surface area contributed by atoms with E-state index >= 15 is 0 Å². The molecule has 1 aliphatic carbocycles. The van der Waals surface area contributed by atoms with Gasteiger partial charge in [-0.1, -0.05) is 42.5 Å². The van der Waals surface area contributed by atoms with Gasteiger partial charge in [-0.25, -0.2) is 9.69 Å². The minimum absolute atomic E-state index is 0.0971. The van der Waals surface area contributed by atoms with Crippen LogP contribution in [0.5, 0.6) is 0 Å². The molecule has 29 heavy (non-hydrogen) atoms. The number of amides is 3. The standard InChI is InChI=1S/C23H26N4O2/c28-21-23(12-6-8-18-7-4-5-11-20(18)23)24-22(29)27(21)17-25-13-15-26(16-14-25)19-9-2-1-3-10-19/h1-5,7,9-11H,6,8,12-17H2,(H,24,29). The van der Waals surface area contributed by atoms with Crippen LogP contribution in [0.15, 0.2) is 54.6 Å². The molecule has 2 aromatic rings. The predicted octanol–water partition coefficient (Wildman–Crippen LogP) is 2.55. The Bertz CT molecular complexity index is 923. The number of aryl methyl sites for hydroxylation is 1. The molecule has 0 radical (unpaired) electrons. The number of anilines is 1. The Morgan fingerprint density at radius 2 is 1.62 bits per heavy atom. The van der Waals surface area contributed by atoms with Gasteiger partial charge in [-0.2, -0.15) is 0 Å². The average molecular weight is 390 g/mol. The van der Waals surface area contributed by atoms with E-state index in [-0.39, 0.29) is 11.9 Å². The highest BCUT2D eigenvalue weighted by Crippen LogP contribution is 2.39. The number of benzene rings is 2. The highest BCUT2D eigenvalue weighted by atomic mass is 16.2. The largest absolute Gasteiger partial charge is 0.369 e. The number of urea groups is 1. The predicted molar refractivity (Wildman–Crippen MR) is 112 cm³/mol. The summed E-state index contributed by atoms with van der Waals surface area (Å²) < 4.78 is 0. The molecule has 2 fully saturated rings. The van der Waals surface area contributed by atoms with E-state index in [0.717, 1.165) is 44.6 Å². The maximum Gasteiger partial charge on any atom is 0.326 e. The highest BCUT2D eigenvalue weighted by molar-refractivity contribution is 6.07. The summed E-state index contributed by atoms with van der Waals surface area (Å²) in [6.45, 7) is 3.80. The van der Waals surface area contributed by atoms with Crippen molar-refractivity contribution in [3.63, 3.8) is 0 Å². The third-order valence-corrected chi connectivity index (χ3v) is 6.49. The number of fused-ring (bicyclic) bond motifs is 2. The van der Waals surface area contributed by atoms with E-state index in [9.17, 15) is 9.59 Å². The van der Waals surface area contributed by atoms with Crippen molar-refractivity contribution >= 4 is 17.6 Å². The number of imide groups is 1. The highest BCUT2D eigenvalue weighted by Gasteiger charge is 2.54. The van der Waals surface area contributed by atoms with Crippen molar-refractivity contribution in [1.82, 2.24) is 15.1 Å². The van der Waals surface area contributed by atoms with Gasteiger partial charge in [0.2, 0.25) is 0 Å². The molecule has 0 aromatic heterocycles. The van der Waals surface area contributed by atoms with Crippen molar-refractivity contribution in [3.05, 3.63) is 65.7 Å². The molecule has 2 aromatic carbocycles. The van der Waals surface area contributed by atoms with E-state index in [1.807, 2.05) is 24.3 Å². The Balaban J connectivity index is 1.29. The van der Waals surface area contributed by atoms with Crippen molar-refractivity contribution in [1.29, 1.82) is 0 Å². The molecule has 6 heteroatoms. The molecule has 3 aliphatic rings. The first-order valence-electron chi connectivity index (χ1n) is 10.4. The van der Waals surface area contributed by atoms with Gasteiger partial charge in [-0.3, -0.25) is 9.69 Å². The second-order valence-electron chi connectivity index (χ2n) is 8.16. The molecular formula is C23H26N4O2. The van der Waals surface area contributed by atoms with Crippen molar-refractivity contribution in [3.8, 4) is 0 Å². The summed E-state index contributed by atoms with van der Waals surface area (Å²) in [5.41, 5.74) is 2.49. The number of hydrogen-bond donors (Lipinski definition) is 1. The van der Waals surface area contributed by atoms with Crippen LogP contribution < -0.4 is 10.2 Å². The molecule has 1 N–H and O–H groups in total. The number of nitrogens with zero attached hydrogens (tertiary/aromatic N) is 3. The maximum atomic E-state index is 13.4. The van der Waals surface area contributed by atoms with Gasteiger partial charge >= 0.3 is 6.03 Å². The van der Waals surface area contributed by atoms with E-state index in [4.69, 9.17) is 0 Å². The summed E-state index contributed by atoms with van der Waals surface area (Å²) in [7, 11) is 0. The fourth-order valence-corrected chi connectivity index (χ4v) is 4.93. The molecule has 150 valence electrons. The van der Waals surface area contributed by atoms with Crippen molar-refractivity contribution in [2.24, 2.45) is 0 Å². The zero-order chi connectivity index (χ0) is 19.8. The van der Waals surface area contributed by atoms with E-state index in [0.29, 0.717) is 13.1 Å². The van der Waals surface area contributed by atoms with Gasteiger partial charge in [0.25, 0.3) is 5.91 Å². The Morgan fingerprint density at radius 3 is 2.41 bits per heavy atom. The molecule has 0 bridgehead atoms. The first-order valence-corrected chi connectivity index (χ1v) is 10.4. The van der Waals surface area contributed by atoms with Gasteiger partial charge in [0.15, 0.2) is 0 Å². The van der Waals surface area contributed by atoms with Crippen LogP contribution in [-0.2, 0) is 16.8 Å². The van der Waals surface area contributed by atoms with E-state index in [1.54, 1.807) is 0 Å². The zero-order valence-electron chi connectivity index (χ0n) is 16.5. The van der Waals surface area contributed by atoms with E-state index in [2.05, 4.69) is 45.4 Å². The second kappa shape index (κ2) is 7.19. The van der Waals surface area contributed by atoms with Crippen molar-refractivity contribution in [2.75, 3.05) is 37.7 Å². The maximum absolute atomic E-state index is 13.4. The van der Waals surface area contributed by atoms with Crippen molar-refractivity contribution < 1.29 is 9.59 Å². The lowest BCUT2D eigenvalue weighted by Crippen LogP contribution is -2.52. The van der Waals surface area contributed by atoms with Gasteiger partial charge in [-0.05, 0) is 42.5 Å². The number of hydrogen-bond acceptors (Lipinski definition) is 4. The molecule has 1 unspecified atom stereocenters. The van der Waals surface area contributed by atoms with Crippen LogP contribution in [0.2, 0.25) is 0 Å². The van der Waals surface area contributed by atoms with Crippen LogP contribution in [0.4, 0.5) is 10.5 Å². The third kappa shape index (κ3) is 3.08. The third-order valence-electron chi connectivity index (χ3n) is 6.49. The molecule has 6 nitrogen and oxygen atoms in total. The summed E-state index contributed by atoms with van der Waals surface area (Å²) in [6, 6.07) is 18.1. The Hall–Kier alpha value is -2.86. The lowest BCUT2D eigenvalue weighted by Gasteiger charge is -2.37. The number of rotatable bonds is 3. The number of carbonyl (C=O) groups excluding carboxylic acids is 2. The number of piperazine rings is 1. The summed E-state index contributed by atoms with van der Waals surface area (Å²) in [4.78, 5) is 32.2. The monoisotopic (exact) mass is 390 g/mol. The summed E-state index contributed by atoms with van der Waals surface area (Å²) in [5.74, 6) is -0.0971. The molecule has 1 spiro atoms. The molecule has 1 atom stereocenters. The summed E-state index contributed by atoms with van der Waals surface area (Å²) in [5, 5.41) is 3.05. The molecule has 2 aliphatic heterocycles. The number of nitrogens with one attached hydrogen (secondary N) is 1. The number of para-hydroxylation sites is 1. The normalized spacial score (nSPS) is 24.7. The SMILES string of the molecule is O=C1NC2(CCCc3ccccc32)C(=O)N1CN1CCN(c2ccccc2)CC1. The Morgan fingerprint density at radius 1 is 0.897 bits per heavy atom. The van der Waals surface area contributed by atoms with Crippen LogP contribution in [-0.4, -0.2) is 54.6 Å². The number of carbonyl (C=O) groups is 2. The quantitative estimate of drug-likeness (QED) is 0.819. The molecule has 0 saturated carbocycles. The van der Waals surface area contributed by atoms with Crippen LogP contribution in [0.3, 0.4) is 0 Å². The van der Waals surface area contributed by atoms with Crippen LogP contribution in [0, 0.1) is 0 Å². The minimum Gasteiger partial charge on any atom is -0.369 e. The van der Waals surface area contributed by atoms with Crippen LogP contribution >= 0.6 is 0 Å². The fourth-order valence-electron chi connectivity index (χ4n) is 4.93. The summed E-state index contributed by atoms with van der Waals surface area (Å²) in [6.07, 6.45) is 2.54. The van der Waals surface area contributed by atoms with Crippen LogP contribution in [0.1, 0.15) is 24.0 Å². The first-order chi connectivity index (χ1) is 14.2. The summed E-state index contributed by atoms with van der Waals surface area (Å²) >= 11 is 0. The van der Waals surface area contributed by atoms with E-state index < -0.39 is 5.54 Å². The van der Waals surface area contributed by atoms with Crippen LogP contribution in [0.25, 0.3) is 0 Å². The Labute approximate surface area is 171 Å². The first kappa shape index (κ1) is 18.2. The Kier molecular flexibility index (Phi) is 4.51. The molecule has 2 saturated heterocycles. The van der Waals surface area contributed by atoms with Gasteiger partial charge in [0.05, 0.1) is 6.67 Å².